The van der Waals surface area contributed by atoms with Crippen LogP contribution >= 0.6 is 11.6 Å². The van der Waals surface area contributed by atoms with Gasteiger partial charge >= 0.3 is 0 Å². The molecule has 136 valence electrons. The fourth-order valence-corrected chi connectivity index (χ4v) is 3.14. The van der Waals surface area contributed by atoms with E-state index in [0.717, 1.165) is 15.9 Å². The van der Waals surface area contributed by atoms with Gasteiger partial charge in [-0.2, -0.15) is 10.4 Å². The summed E-state index contributed by atoms with van der Waals surface area (Å²) in [5, 5.41) is 13.6. The molecule has 0 amide bonds. The normalized spacial score (nSPS) is 10.6. The van der Waals surface area contributed by atoms with Crippen LogP contribution in [0.3, 0.4) is 0 Å². The third-order valence-electron chi connectivity index (χ3n) is 4.35. The zero-order valence-electron chi connectivity index (χ0n) is 14.9. The number of carbonyl (C=O) groups is 1. The molecule has 0 fully saturated rings. The molecule has 3 rings (SSSR count). The summed E-state index contributed by atoms with van der Waals surface area (Å²) in [5.41, 5.74) is 3.24. The standard InChI is InChI=1S/C20H17ClN4O2/c1-13-11-17(12-16-7-8-18(26)25(23-16)10-9-22)24(2)19(13)20(27)14-3-5-15(21)6-4-14/h3-8,11H,10,12H2,1-2H3. The molecule has 3 aromatic rings. The van der Waals surface area contributed by atoms with Crippen molar-refractivity contribution in [3.05, 3.63) is 86.0 Å². The third-order valence-corrected chi connectivity index (χ3v) is 4.60. The highest BCUT2D eigenvalue weighted by Gasteiger charge is 2.19. The monoisotopic (exact) mass is 380 g/mol. The molecule has 27 heavy (non-hydrogen) atoms. The Bertz CT molecular complexity index is 1100. The lowest BCUT2D eigenvalue weighted by Gasteiger charge is -2.09. The van der Waals surface area contributed by atoms with Gasteiger partial charge in [-0.1, -0.05) is 11.6 Å². The molecule has 0 saturated heterocycles. The fraction of sp³-hybridized carbons (Fsp3) is 0.200. The predicted molar refractivity (Wildman–Crippen MR) is 102 cm³/mol. The van der Waals surface area contributed by atoms with Crippen molar-refractivity contribution in [2.75, 3.05) is 0 Å². The molecule has 6 nitrogen and oxygen atoms in total. The zero-order chi connectivity index (χ0) is 19.6. The second-order valence-corrected chi connectivity index (χ2v) is 6.65. The Morgan fingerprint density at radius 1 is 1.22 bits per heavy atom. The molecular weight excluding hydrogens is 364 g/mol. The summed E-state index contributed by atoms with van der Waals surface area (Å²) in [6, 6.07) is 13.7. The molecule has 0 bridgehead atoms. The number of hydrogen-bond acceptors (Lipinski definition) is 4. The Balaban J connectivity index is 1.93. The van der Waals surface area contributed by atoms with Gasteiger partial charge in [-0.15, -0.1) is 0 Å². The van der Waals surface area contributed by atoms with E-state index in [0.29, 0.717) is 28.4 Å². The fourth-order valence-electron chi connectivity index (χ4n) is 3.01. The van der Waals surface area contributed by atoms with Crippen LogP contribution in [0.5, 0.6) is 0 Å². The maximum atomic E-state index is 12.9. The third kappa shape index (κ3) is 3.83. The minimum absolute atomic E-state index is 0.0830. The molecule has 0 spiro atoms. The molecule has 0 unspecified atom stereocenters. The maximum Gasteiger partial charge on any atom is 0.267 e. The highest BCUT2D eigenvalue weighted by Crippen LogP contribution is 2.21. The van der Waals surface area contributed by atoms with Crippen molar-refractivity contribution in [1.29, 1.82) is 5.26 Å². The summed E-state index contributed by atoms with van der Waals surface area (Å²) in [7, 11) is 1.83. The number of ketones is 1. The van der Waals surface area contributed by atoms with Gasteiger partial charge in [-0.3, -0.25) is 9.59 Å². The Hall–Kier alpha value is -3.17. The number of nitrogens with zero attached hydrogens (tertiary/aromatic N) is 4. The summed E-state index contributed by atoms with van der Waals surface area (Å²) in [6.07, 6.45) is 0.441. The molecule has 2 heterocycles. The highest BCUT2D eigenvalue weighted by atomic mass is 35.5. The van der Waals surface area contributed by atoms with Crippen LogP contribution in [-0.4, -0.2) is 20.1 Å². The summed E-state index contributed by atoms with van der Waals surface area (Å²) in [4.78, 5) is 24.6. The average Bonchev–Trinajstić information content (AvgIpc) is 2.91. The molecule has 0 aliphatic rings. The minimum Gasteiger partial charge on any atom is -0.344 e. The number of rotatable bonds is 5. The number of nitriles is 1. The lowest BCUT2D eigenvalue weighted by molar-refractivity contribution is 0.103. The van der Waals surface area contributed by atoms with Gasteiger partial charge in [-0.05, 0) is 48.9 Å². The van der Waals surface area contributed by atoms with Crippen LogP contribution in [0, 0.1) is 18.3 Å². The van der Waals surface area contributed by atoms with Crippen LogP contribution in [0.1, 0.15) is 33.0 Å². The van der Waals surface area contributed by atoms with E-state index in [2.05, 4.69) is 5.10 Å². The quantitative estimate of drug-likeness (QED) is 0.637. The van der Waals surface area contributed by atoms with Crippen LogP contribution in [-0.2, 0) is 20.0 Å². The second-order valence-electron chi connectivity index (χ2n) is 6.22. The molecular formula is C20H17ClN4O2. The number of benzene rings is 1. The van der Waals surface area contributed by atoms with Gasteiger partial charge in [0.15, 0.2) is 0 Å². The van der Waals surface area contributed by atoms with Crippen molar-refractivity contribution in [1.82, 2.24) is 14.3 Å². The summed E-state index contributed by atoms with van der Waals surface area (Å²) in [6.45, 7) is 1.79. The number of carbonyl (C=O) groups excluding carboxylic acids is 1. The van der Waals surface area contributed by atoms with E-state index in [1.54, 1.807) is 30.3 Å². The Kier molecular flexibility index (Phi) is 5.24. The van der Waals surface area contributed by atoms with E-state index in [4.69, 9.17) is 16.9 Å². The molecule has 1 aromatic carbocycles. The highest BCUT2D eigenvalue weighted by molar-refractivity contribution is 6.30. The van der Waals surface area contributed by atoms with E-state index in [1.807, 2.05) is 30.7 Å². The molecule has 0 N–H and O–H groups in total. The van der Waals surface area contributed by atoms with Gasteiger partial charge in [0.25, 0.3) is 5.56 Å². The van der Waals surface area contributed by atoms with Gasteiger partial charge in [0, 0.05) is 35.8 Å². The molecule has 7 heteroatoms. The number of halogens is 1. The minimum atomic E-state index is -0.318. The molecule has 0 aliphatic carbocycles. The molecule has 0 atom stereocenters. The van der Waals surface area contributed by atoms with E-state index in [1.165, 1.54) is 6.07 Å². The van der Waals surface area contributed by atoms with Crippen LogP contribution < -0.4 is 5.56 Å². The molecule has 0 radical (unpaired) electrons. The van der Waals surface area contributed by atoms with Crippen LogP contribution in [0.25, 0.3) is 0 Å². The zero-order valence-corrected chi connectivity index (χ0v) is 15.7. The first-order valence-corrected chi connectivity index (χ1v) is 8.68. The summed E-state index contributed by atoms with van der Waals surface area (Å²) in [5.74, 6) is -0.0830. The molecule has 0 aliphatic heterocycles. The van der Waals surface area contributed by atoms with Crippen molar-refractivity contribution < 1.29 is 4.79 Å². The number of hydrogen-bond donors (Lipinski definition) is 0. The smallest absolute Gasteiger partial charge is 0.267 e. The van der Waals surface area contributed by atoms with Crippen molar-refractivity contribution in [3.63, 3.8) is 0 Å². The van der Waals surface area contributed by atoms with E-state index in [-0.39, 0.29) is 17.9 Å². The SMILES string of the molecule is Cc1cc(Cc2ccc(=O)n(CC#N)n2)n(C)c1C(=O)c1ccc(Cl)cc1. The van der Waals surface area contributed by atoms with Crippen molar-refractivity contribution in [2.45, 2.75) is 19.9 Å². The first kappa shape index (κ1) is 18.6. The van der Waals surface area contributed by atoms with Gasteiger partial charge in [0.05, 0.1) is 17.5 Å². The van der Waals surface area contributed by atoms with Crippen molar-refractivity contribution >= 4 is 17.4 Å². The summed E-state index contributed by atoms with van der Waals surface area (Å²) >= 11 is 5.90. The molecule has 2 aromatic heterocycles. The van der Waals surface area contributed by atoms with Crippen molar-refractivity contribution in [2.24, 2.45) is 7.05 Å². The van der Waals surface area contributed by atoms with E-state index < -0.39 is 0 Å². The van der Waals surface area contributed by atoms with Crippen LogP contribution in [0.15, 0.2) is 47.3 Å². The summed E-state index contributed by atoms with van der Waals surface area (Å²) < 4.78 is 2.97. The Morgan fingerprint density at radius 2 is 1.93 bits per heavy atom. The first-order valence-electron chi connectivity index (χ1n) is 8.30. The largest absolute Gasteiger partial charge is 0.344 e. The number of aromatic nitrogens is 3. The molecule has 0 saturated carbocycles. The Labute approximate surface area is 161 Å². The first-order chi connectivity index (χ1) is 12.9. The van der Waals surface area contributed by atoms with Crippen LogP contribution in [0.4, 0.5) is 0 Å². The second kappa shape index (κ2) is 7.60. The number of aryl methyl sites for hydroxylation is 1. The van der Waals surface area contributed by atoms with Gasteiger partial charge < -0.3 is 4.57 Å². The Morgan fingerprint density at radius 3 is 2.59 bits per heavy atom. The lowest BCUT2D eigenvalue weighted by Crippen LogP contribution is -2.22. The topological polar surface area (TPSA) is 80.7 Å². The van der Waals surface area contributed by atoms with Gasteiger partial charge in [0.2, 0.25) is 5.78 Å². The predicted octanol–water partition coefficient (Wildman–Crippen LogP) is 2.89. The van der Waals surface area contributed by atoms with Crippen molar-refractivity contribution in [3.8, 4) is 6.07 Å². The lowest BCUT2D eigenvalue weighted by atomic mass is 10.1. The van der Waals surface area contributed by atoms with E-state index in [9.17, 15) is 9.59 Å². The van der Waals surface area contributed by atoms with E-state index >= 15 is 0 Å². The maximum absolute atomic E-state index is 12.9. The van der Waals surface area contributed by atoms with Gasteiger partial charge in [0.1, 0.15) is 6.54 Å². The van der Waals surface area contributed by atoms with Gasteiger partial charge in [-0.25, -0.2) is 4.68 Å². The van der Waals surface area contributed by atoms with Crippen LogP contribution in [0.2, 0.25) is 5.02 Å². The average molecular weight is 381 g/mol.